The molecule has 0 aromatic heterocycles. The monoisotopic (exact) mass is 185 g/mol. The Balaban J connectivity index is 2.96. The third-order valence-corrected chi connectivity index (χ3v) is 2.07. The van der Waals surface area contributed by atoms with Gasteiger partial charge < -0.3 is 10.8 Å². The number of benzene rings is 1. The highest BCUT2D eigenvalue weighted by molar-refractivity contribution is 6.17. The van der Waals surface area contributed by atoms with Gasteiger partial charge in [-0.05, 0) is 11.1 Å². The molecule has 1 atom stereocenters. The average Bonchev–Trinajstić information content (AvgIpc) is 2.16. The van der Waals surface area contributed by atoms with Gasteiger partial charge in [-0.25, -0.2) is 0 Å². The van der Waals surface area contributed by atoms with Crippen LogP contribution in [0.2, 0.25) is 0 Å². The van der Waals surface area contributed by atoms with Crippen LogP contribution in [-0.2, 0) is 5.88 Å². The topological polar surface area (TPSA) is 46.2 Å². The molecule has 0 spiro atoms. The Bertz CT molecular complexity index is 252. The summed E-state index contributed by atoms with van der Waals surface area (Å²) in [7, 11) is 0. The molecule has 0 fully saturated rings. The quantitative estimate of drug-likeness (QED) is 0.700. The van der Waals surface area contributed by atoms with E-state index in [0.29, 0.717) is 5.88 Å². The van der Waals surface area contributed by atoms with E-state index < -0.39 is 6.10 Å². The molecule has 1 aromatic carbocycles. The van der Waals surface area contributed by atoms with Crippen molar-refractivity contribution in [3.8, 4) is 0 Å². The van der Waals surface area contributed by atoms with Crippen molar-refractivity contribution in [3.05, 3.63) is 35.4 Å². The smallest absolute Gasteiger partial charge is 0.0915 e. The van der Waals surface area contributed by atoms with Gasteiger partial charge in [-0.2, -0.15) is 0 Å². The van der Waals surface area contributed by atoms with Gasteiger partial charge in [0.05, 0.1) is 6.10 Å². The number of halogens is 1. The van der Waals surface area contributed by atoms with Crippen LogP contribution in [0.3, 0.4) is 0 Å². The molecule has 3 N–H and O–H groups in total. The molecular formula is C9H12ClNO. The van der Waals surface area contributed by atoms with E-state index in [1.165, 1.54) is 0 Å². The number of rotatable bonds is 3. The van der Waals surface area contributed by atoms with E-state index >= 15 is 0 Å². The highest BCUT2D eigenvalue weighted by atomic mass is 35.5. The molecule has 12 heavy (non-hydrogen) atoms. The molecule has 0 amide bonds. The van der Waals surface area contributed by atoms with Gasteiger partial charge in [-0.15, -0.1) is 11.6 Å². The summed E-state index contributed by atoms with van der Waals surface area (Å²) in [5, 5.41) is 9.46. The second-order valence-corrected chi connectivity index (χ2v) is 2.85. The largest absolute Gasteiger partial charge is 0.387 e. The van der Waals surface area contributed by atoms with Crippen LogP contribution in [0.4, 0.5) is 0 Å². The lowest BCUT2D eigenvalue weighted by Gasteiger charge is -2.11. The lowest BCUT2D eigenvalue weighted by Crippen LogP contribution is -2.12. The van der Waals surface area contributed by atoms with Gasteiger partial charge in [0, 0.05) is 12.4 Å². The standard InChI is InChI=1S/C9H12ClNO/c10-5-7-3-1-2-4-8(7)9(12)6-11/h1-4,9,12H,5-6,11H2/t9-/m0/s1. The second-order valence-electron chi connectivity index (χ2n) is 2.58. The van der Waals surface area contributed by atoms with Crippen molar-refractivity contribution in [1.82, 2.24) is 0 Å². The summed E-state index contributed by atoms with van der Waals surface area (Å²) in [6.45, 7) is 0.230. The third-order valence-electron chi connectivity index (χ3n) is 1.78. The number of hydrogen-bond acceptors (Lipinski definition) is 2. The maximum atomic E-state index is 9.46. The zero-order valence-electron chi connectivity index (χ0n) is 6.70. The van der Waals surface area contributed by atoms with Crippen molar-refractivity contribution < 1.29 is 5.11 Å². The summed E-state index contributed by atoms with van der Waals surface area (Å²) in [4.78, 5) is 0. The molecule has 0 saturated carbocycles. The molecule has 0 aliphatic rings. The van der Waals surface area contributed by atoms with Crippen molar-refractivity contribution in [2.24, 2.45) is 5.73 Å². The van der Waals surface area contributed by atoms with Crippen LogP contribution >= 0.6 is 11.6 Å². The Morgan fingerprint density at radius 2 is 2.08 bits per heavy atom. The van der Waals surface area contributed by atoms with E-state index in [1.807, 2.05) is 24.3 Å². The number of aliphatic hydroxyl groups is 1. The van der Waals surface area contributed by atoms with Gasteiger partial charge >= 0.3 is 0 Å². The molecular weight excluding hydrogens is 174 g/mol. The Kier molecular flexibility index (Phi) is 3.53. The lowest BCUT2D eigenvalue weighted by molar-refractivity contribution is 0.186. The van der Waals surface area contributed by atoms with Gasteiger partial charge in [0.2, 0.25) is 0 Å². The lowest BCUT2D eigenvalue weighted by atomic mass is 10.0. The summed E-state index contributed by atoms with van der Waals surface area (Å²) in [6.07, 6.45) is -0.597. The maximum absolute atomic E-state index is 9.46. The first-order valence-corrected chi connectivity index (χ1v) is 4.35. The molecule has 0 saturated heterocycles. The molecule has 0 bridgehead atoms. The Morgan fingerprint density at radius 3 is 2.67 bits per heavy atom. The molecule has 0 aliphatic carbocycles. The molecule has 0 aliphatic heterocycles. The molecule has 1 rings (SSSR count). The normalized spacial score (nSPS) is 12.9. The van der Waals surface area contributed by atoms with Gasteiger partial charge in [-0.1, -0.05) is 24.3 Å². The highest BCUT2D eigenvalue weighted by Gasteiger charge is 2.08. The minimum Gasteiger partial charge on any atom is -0.387 e. The van der Waals surface area contributed by atoms with Crippen LogP contribution in [0.25, 0.3) is 0 Å². The van der Waals surface area contributed by atoms with Crippen LogP contribution in [0, 0.1) is 0 Å². The fourth-order valence-electron chi connectivity index (χ4n) is 1.11. The minimum atomic E-state index is -0.597. The number of aliphatic hydroxyl groups excluding tert-OH is 1. The first-order valence-electron chi connectivity index (χ1n) is 3.81. The van der Waals surface area contributed by atoms with Crippen molar-refractivity contribution in [2.45, 2.75) is 12.0 Å². The molecule has 3 heteroatoms. The maximum Gasteiger partial charge on any atom is 0.0915 e. The molecule has 1 aromatic rings. The van der Waals surface area contributed by atoms with E-state index in [2.05, 4.69) is 0 Å². The van der Waals surface area contributed by atoms with Crippen LogP contribution in [0.1, 0.15) is 17.2 Å². The predicted octanol–water partition coefficient (Wildman–Crippen LogP) is 1.42. The molecule has 66 valence electrons. The summed E-state index contributed by atoms with van der Waals surface area (Å²) in [5.41, 5.74) is 7.11. The summed E-state index contributed by atoms with van der Waals surface area (Å²) >= 11 is 5.68. The first-order chi connectivity index (χ1) is 5.79. The van der Waals surface area contributed by atoms with Crippen molar-refractivity contribution in [2.75, 3.05) is 6.54 Å². The van der Waals surface area contributed by atoms with Crippen LogP contribution in [0.5, 0.6) is 0 Å². The zero-order valence-corrected chi connectivity index (χ0v) is 7.46. The third kappa shape index (κ3) is 1.97. The second kappa shape index (κ2) is 4.45. The zero-order chi connectivity index (χ0) is 8.97. The van der Waals surface area contributed by atoms with E-state index in [0.717, 1.165) is 11.1 Å². The van der Waals surface area contributed by atoms with Crippen LogP contribution in [0.15, 0.2) is 24.3 Å². The van der Waals surface area contributed by atoms with Gasteiger partial charge in [0.25, 0.3) is 0 Å². The predicted molar refractivity (Wildman–Crippen MR) is 50.0 cm³/mol. The average molecular weight is 186 g/mol. The Labute approximate surface area is 77.0 Å². The first kappa shape index (κ1) is 9.52. The van der Waals surface area contributed by atoms with E-state index in [-0.39, 0.29) is 6.54 Å². The van der Waals surface area contributed by atoms with Crippen molar-refractivity contribution in [1.29, 1.82) is 0 Å². The highest BCUT2D eigenvalue weighted by Crippen LogP contribution is 2.18. The fourth-order valence-corrected chi connectivity index (χ4v) is 1.35. The van der Waals surface area contributed by atoms with Crippen LogP contribution < -0.4 is 5.73 Å². The van der Waals surface area contributed by atoms with Gasteiger partial charge in [0.15, 0.2) is 0 Å². The van der Waals surface area contributed by atoms with E-state index in [4.69, 9.17) is 17.3 Å². The van der Waals surface area contributed by atoms with Crippen molar-refractivity contribution >= 4 is 11.6 Å². The minimum absolute atomic E-state index is 0.230. The van der Waals surface area contributed by atoms with Gasteiger partial charge in [0.1, 0.15) is 0 Å². The van der Waals surface area contributed by atoms with Gasteiger partial charge in [-0.3, -0.25) is 0 Å². The van der Waals surface area contributed by atoms with Crippen molar-refractivity contribution in [3.63, 3.8) is 0 Å². The number of nitrogens with two attached hydrogens (primary N) is 1. The molecule has 0 radical (unpaired) electrons. The number of alkyl halides is 1. The summed E-state index contributed by atoms with van der Waals surface area (Å²) in [6, 6.07) is 7.49. The van der Waals surface area contributed by atoms with E-state index in [1.54, 1.807) is 0 Å². The molecule has 2 nitrogen and oxygen atoms in total. The summed E-state index contributed by atoms with van der Waals surface area (Å²) in [5.74, 6) is 0.410. The molecule has 0 unspecified atom stereocenters. The van der Waals surface area contributed by atoms with E-state index in [9.17, 15) is 5.11 Å². The summed E-state index contributed by atoms with van der Waals surface area (Å²) < 4.78 is 0. The Morgan fingerprint density at radius 1 is 1.42 bits per heavy atom. The Hall–Kier alpha value is -0.570. The SMILES string of the molecule is NC[C@H](O)c1ccccc1CCl. The van der Waals surface area contributed by atoms with Crippen LogP contribution in [-0.4, -0.2) is 11.7 Å². The fraction of sp³-hybridized carbons (Fsp3) is 0.333. The molecule has 0 heterocycles. The number of hydrogen-bond donors (Lipinski definition) is 2.